The highest BCUT2D eigenvalue weighted by Crippen LogP contribution is 2.27. The van der Waals surface area contributed by atoms with Crippen LogP contribution >= 0.6 is 0 Å². The number of nitriles is 1. The first-order valence-corrected chi connectivity index (χ1v) is 7.05. The standard InChI is InChI=1S/C13H12N4OS/c1-9-8-16-19(18)17(9)11-2-3-12-10(6-11)4-5-15-13(12)7-14/h2-6,9,16H,8H2,1H3/t9-,19?/m0/s1. The highest BCUT2D eigenvalue weighted by Gasteiger charge is 2.27. The van der Waals surface area contributed by atoms with Crippen LogP contribution in [0.1, 0.15) is 12.6 Å². The summed E-state index contributed by atoms with van der Waals surface area (Å²) in [4.78, 5) is 4.04. The monoisotopic (exact) mass is 272 g/mol. The summed E-state index contributed by atoms with van der Waals surface area (Å²) >= 11 is -1.19. The van der Waals surface area contributed by atoms with Crippen molar-refractivity contribution in [1.82, 2.24) is 9.71 Å². The van der Waals surface area contributed by atoms with Crippen LogP contribution < -0.4 is 9.03 Å². The van der Waals surface area contributed by atoms with Crippen molar-refractivity contribution in [2.24, 2.45) is 0 Å². The lowest BCUT2D eigenvalue weighted by molar-refractivity contribution is 0.680. The number of rotatable bonds is 1. The second kappa shape index (κ2) is 4.61. The van der Waals surface area contributed by atoms with E-state index in [1.54, 1.807) is 6.20 Å². The van der Waals surface area contributed by atoms with Crippen LogP contribution in [-0.4, -0.2) is 21.8 Å². The van der Waals surface area contributed by atoms with Gasteiger partial charge in [-0.3, -0.25) is 4.31 Å². The first kappa shape index (κ1) is 12.1. The molecule has 1 aromatic heterocycles. The number of nitrogens with one attached hydrogen (secondary N) is 1. The van der Waals surface area contributed by atoms with E-state index >= 15 is 0 Å². The van der Waals surface area contributed by atoms with Crippen molar-refractivity contribution >= 4 is 27.6 Å². The molecule has 1 aromatic carbocycles. The van der Waals surface area contributed by atoms with Crippen molar-refractivity contribution in [2.45, 2.75) is 13.0 Å². The van der Waals surface area contributed by atoms with E-state index in [0.717, 1.165) is 16.5 Å². The average molecular weight is 272 g/mol. The number of hydrogen-bond acceptors (Lipinski definition) is 3. The number of pyridine rings is 1. The highest BCUT2D eigenvalue weighted by atomic mass is 32.2. The molecule has 0 spiro atoms. The topological polar surface area (TPSA) is 69.0 Å². The van der Waals surface area contributed by atoms with Gasteiger partial charge in [0, 0.05) is 18.1 Å². The van der Waals surface area contributed by atoms with Crippen LogP contribution in [0.2, 0.25) is 0 Å². The quantitative estimate of drug-likeness (QED) is 0.855. The molecule has 2 heterocycles. The van der Waals surface area contributed by atoms with E-state index in [4.69, 9.17) is 5.26 Å². The van der Waals surface area contributed by atoms with Gasteiger partial charge in [0.2, 0.25) is 0 Å². The number of anilines is 1. The summed E-state index contributed by atoms with van der Waals surface area (Å²) in [5.41, 5.74) is 1.30. The molecule has 0 aliphatic carbocycles. The third-order valence-electron chi connectivity index (χ3n) is 3.19. The van der Waals surface area contributed by atoms with Crippen LogP contribution in [0.5, 0.6) is 0 Å². The molecule has 0 saturated carbocycles. The largest absolute Gasteiger partial charge is 0.275 e. The first-order valence-electron chi connectivity index (χ1n) is 5.94. The summed E-state index contributed by atoms with van der Waals surface area (Å²) in [5, 5.41) is 10.8. The minimum Gasteiger partial charge on any atom is -0.275 e. The maximum Gasteiger partial charge on any atom is 0.196 e. The van der Waals surface area contributed by atoms with Crippen molar-refractivity contribution in [1.29, 1.82) is 5.26 Å². The molecule has 2 atom stereocenters. The third kappa shape index (κ3) is 1.97. The SMILES string of the molecule is C[C@H]1CNS(=O)N1c1ccc2c(C#N)nccc2c1. The van der Waals surface area contributed by atoms with Crippen molar-refractivity contribution in [3.8, 4) is 6.07 Å². The van der Waals surface area contributed by atoms with Crippen molar-refractivity contribution in [2.75, 3.05) is 10.8 Å². The number of fused-ring (bicyclic) bond motifs is 1. The molecule has 3 rings (SSSR count). The van der Waals surface area contributed by atoms with Crippen molar-refractivity contribution in [3.05, 3.63) is 36.2 Å². The zero-order valence-corrected chi connectivity index (χ0v) is 11.1. The maximum atomic E-state index is 11.9. The predicted octanol–water partition coefficient (Wildman–Crippen LogP) is 1.48. The number of benzene rings is 1. The Balaban J connectivity index is 2.13. The zero-order chi connectivity index (χ0) is 13.4. The molecule has 19 heavy (non-hydrogen) atoms. The van der Waals surface area contributed by atoms with E-state index in [1.807, 2.05) is 35.5 Å². The molecule has 1 N–H and O–H groups in total. The Morgan fingerprint density at radius 3 is 3.05 bits per heavy atom. The van der Waals surface area contributed by atoms with E-state index in [9.17, 15) is 4.21 Å². The lowest BCUT2D eigenvalue weighted by atomic mass is 10.1. The van der Waals surface area contributed by atoms with Gasteiger partial charge in [-0.1, -0.05) is 0 Å². The maximum absolute atomic E-state index is 11.9. The van der Waals surface area contributed by atoms with Gasteiger partial charge in [-0.05, 0) is 36.6 Å². The fourth-order valence-corrected chi connectivity index (χ4v) is 3.48. The van der Waals surface area contributed by atoms with Crippen LogP contribution in [0.25, 0.3) is 10.8 Å². The number of hydrogen-bond donors (Lipinski definition) is 1. The van der Waals surface area contributed by atoms with Crippen LogP contribution in [-0.2, 0) is 11.2 Å². The molecule has 96 valence electrons. The fraction of sp³-hybridized carbons (Fsp3) is 0.231. The predicted molar refractivity (Wildman–Crippen MR) is 74.5 cm³/mol. The lowest BCUT2D eigenvalue weighted by Crippen LogP contribution is -2.28. The normalized spacial score (nSPS) is 22.6. The highest BCUT2D eigenvalue weighted by molar-refractivity contribution is 7.84. The summed E-state index contributed by atoms with van der Waals surface area (Å²) in [6.45, 7) is 2.72. The lowest BCUT2D eigenvalue weighted by Gasteiger charge is -2.20. The first-order chi connectivity index (χ1) is 9.20. The van der Waals surface area contributed by atoms with E-state index in [2.05, 4.69) is 15.8 Å². The van der Waals surface area contributed by atoms with E-state index in [1.165, 1.54) is 0 Å². The molecule has 2 aromatic rings. The van der Waals surface area contributed by atoms with Gasteiger partial charge in [0.05, 0.1) is 11.7 Å². The van der Waals surface area contributed by atoms with Gasteiger partial charge in [-0.2, -0.15) is 5.26 Å². The average Bonchev–Trinajstić information content (AvgIpc) is 2.77. The summed E-state index contributed by atoms with van der Waals surface area (Å²) in [6, 6.07) is 9.80. The molecular formula is C13H12N4OS. The third-order valence-corrected chi connectivity index (χ3v) is 4.53. The summed E-state index contributed by atoms with van der Waals surface area (Å²) < 4.78 is 16.7. The Morgan fingerprint density at radius 2 is 2.37 bits per heavy atom. The van der Waals surface area contributed by atoms with Gasteiger partial charge < -0.3 is 0 Å². The fourth-order valence-electron chi connectivity index (χ4n) is 2.25. The molecule has 0 amide bonds. The molecule has 5 nitrogen and oxygen atoms in total. The second-order valence-electron chi connectivity index (χ2n) is 4.45. The van der Waals surface area contributed by atoms with E-state index in [0.29, 0.717) is 12.2 Å². The van der Waals surface area contributed by atoms with Gasteiger partial charge in [0.15, 0.2) is 11.2 Å². The molecule has 1 saturated heterocycles. The zero-order valence-electron chi connectivity index (χ0n) is 10.3. The summed E-state index contributed by atoms with van der Waals surface area (Å²) in [7, 11) is 0. The minimum atomic E-state index is -1.19. The molecular weight excluding hydrogens is 260 g/mol. The van der Waals surface area contributed by atoms with Gasteiger partial charge in [0.1, 0.15) is 11.8 Å². The second-order valence-corrected chi connectivity index (χ2v) is 5.63. The molecule has 1 aliphatic heterocycles. The minimum absolute atomic E-state index is 0.176. The van der Waals surface area contributed by atoms with Crippen molar-refractivity contribution < 1.29 is 4.21 Å². The Kier molecular flexibility index (Phi) is 2.93. The van der Waals surface area contributed by atoms with E-state index < -0.39 is 11.2 Å². The van der Waals surface area contributed by atoms with E-state index in [-0.39, 0.29) is 6.04 Å². The molecule has 0 bridgehead atoms. The van der Waals surface area contributed by atoms with Crippen LogP contribution in [0.15, 0.2) is 30.5 Å². The Labute approximate surface area is 113 Å². The van der Waals surface area contributed by atoms with Gasteiger partial charge in [0.25, 0.3) is 0 Å². The molecule has 1 aliphatic rings. The van der Waals surface area contributed by atoms with Crippen LogP contribution in [0.4, 0.5) is 5.69 Å². The number of aromatic nitrogens is 1. The van der Waals surface area contributed by atoms with Crippen molar-refractivity contribution in [3.63, 3.8) is 0 Å². The molecule has 1 unspecified atom stereocenters. The summed E-state index contributed by atoms with van der Waals surface area (Å²) in [6.07, 6.45) is 1.62. The van der Waals surface area contributed by atoms with Gasteiger partial charge >= 0.3 is 0 Å². The molecule has 0 radical (unpaired) electrons. The van der Waals surface area contributed by atoms with Gasteiger partial charge in [-0.15, -0.1) is 0 Å². The van der Waals surface area contributed by atoms with Crippen LogP contribution in [0.3, 0.4) is 0 Å². The summed E-state index contributed by atoms with van der Waals surface area (Å²) in [5.74, 6) is 0. The van der Waals surface area contributed by atoms with Gasteiger partial charge in [-0.25, -0.2) is 13.9 Å². The molecule has 6 heteroatoms. The Morgan fingerprint density at radius 1 is 1.53 bits per heavy atom. The smallest absolute Gasteiger partial charge is 0.196 e. The number of nitrogens with zero attached hydrogens (tertiary/aromatic N) is 3. The Bertz CT molecular complexity index is 709. The Hall–Kier alpha value is -1.97. The molecule has 1 fully saturated rings. The van der Waals surface area contributed by atoms with Crippen LogP contribution in [0, 0.1) is 11.3 Å².